The number of hydrogen-bond acceptors (Lipinski definition) is 2. The molecule has 4 nitrogen and oxygen atoms in total. The van der Waals surface area contributed by atoms with Gasteiger partial charge in [-0.05, 0) is 61.1 Å². The average Bonchev–Trinajstić information content (AvgIpc) is 2.64. The number of aryl methyl sites for hydroxylation is 3. The highest BCUT2D eigenvalue weighted by Crippen LogP contribution is 2.18. The van der Waals surface area contributed by atoms with E-state index in [4.69, 9.17) is 0 Å². The second-order valence-corrected chi connectivity index (χ2v) is 5.39. The summed E-state index contributed by atoms with van der Waals surface area (Å²) in [4.78, 5) is 12.1. The van der Waals surface area contributed by atoms with E-state index in [0.717, 1.165) is 15.0 Å². The van der Waals surface area contributed by atoms with Crippen molar-refractivity contribution in [2.75, 3.05) is 5.32 Å². The molecule has 0 radical (unpaired) electrons. The third-order valence-electron chi connectivity index (χ3n) is 2.78. The van der Waals surface area contributed by atoms with Crippen molar-refractivity contribution >= 4 is 34.2 Å². The van der Waals surface area contributed by atoms with Crippen molar-refractivity contribution in [3.05, 3.63) is 44.3 Å². The summed E-state index contributed by atoms with van der Waals surface area (Å²) in [5.41, 5.74) is 4.11. The lowest BCUT2D eigenvalue weighted by Crippen LogP contribution is -2.13. The molecule has 1 aromatic heterocycles. The van der Waals surface area contributed by atoms with E-state index >= 15 is 0 Å². The van der Waals surface area contributed by atoms with E-state index in [-0.39, 0.29) is 5.91 Å². The van der Waals surface area contributed by atoms with Crippen LogP contribution in [0.2, 0.25) is 0 Å². The minimum absolute atomic E-state index is 0.126. The van der Waals surface area contributed by atoms with Crippen LogP contribution in [-0.4, -0.2) is 16.1 Å². The Morgan fingerprint density at radius 3 is 2.61 bits per heavy atom. The zero-order valence-corrected chi connectivity index (χ0v) is 12.6. The number of aromatic amines is 1. The van der Waals surface area contributed by atoms with Crippen molar-refractivity contribution in [2.45, 2.75) is 20.8 Å². The fraction of sp³-hybridized carbons (Fsp3) is 0.231. The minimum atomic E-state index is -0.126. The largest absolute Gasteiger partial charge is 0.322 e. The van der Waals surface area contributed by atoms with Crippen molar-refractivity contribution in [3.63, 3.8) is 0 Å². The molecule has 0 fully saturated rings. The van der Waals surface area contributed by atoms with Gasteiger partial charge >= 0.3 is 0 Å². The van der Waals surface area contributed by atoms with Crippen molar-refractivity contribution in [3.8, 4) is 0 Å². The quantitative estimate of drug-likeness (QED) is 0.813. The Bertz CT molecular complexity index is 585. The fourth-order valence-corrected chi connectivity index (χ4v) is 2.26. The Hall–Kier alpha value is -1.37. The van der Waals surface area contributed by atoms with Crippen LogP contribution in [0.3, 0.4) is 0 Å². The second kappa shape index (κ2) is 5.09. The number of amides is 1. The standard InChI is InChI=1S/C13H14IN3O/c1-7-4-5-10(6-11(7)14)15-13(18)12-8(2)16-17-9(12)3/h4-6H,1-3H3,(H,15,18)(H,16,17). The fourth-order valence-electron chi connectivity index (χ4n) is 1.75. The monoisotopic (exact) mass is 355 g/mol. The molecule has 0 spiro atoms. The number of nitrogens with one attached hydrogen (secondary N) is 2. The molecule has 0 saturated heterocycles. The van der Waals surface area contributed by atoms with Crippen LogP contribution < -0.4 is 5.32 Å². The van der Waals surface area contributed by atoms with Gasteiger partial charge in [-0.2, -0.15) is 5.10 Å². The summed E-state index contributed by atoms with van der Waals surface area (Å²) >= 11 is 2.25. The predicted octanol–water partition coefficient (Wildman–Crippen LogP) is 3.19. The Morgan fingerprint density at radius 1 is 1.33 bits per heavy atom. The SMILES string of the molecule is Cc1ccc(NC(=O)c2c(C)n[nH]c2C)cc1I. The van der Waals surface area contributed by atoms with Gasteiger partial charge in [0.1, 0.15) is 0 Å². The number of anilines is 1. The summed E-state index contributed by atoms with van der Waals surface area (Å²) < 4.78 is 1.13. The number of halogens is 1. The molecule has 94 valence electrons. The van der Waals surface area contributed by atoms with E-state index in [1.165, 1.54) is 5.56 Å². The molecular weight excluding hydrogens is 341 g/mol. The minimum Gasteiger partial charge on any atom is -0.322 e. The first-order chi connectivity index (χ1) is 8.49. The number of H-pyrrole nitrogens is 1. The van der Waals surface area contributed by atoms with Gasteiger partial charge in [-0.25, -0.2) is 0 Å². The van der Waals surface area contributed by atoms with E-state index in [1.807, 2.05) is 39.0 Å². The summed E-state index contributed by atoms with van der Waals surface area (Å²) in [5, 5.41) is 9.73. The number of nitrogens with zero attached hydrogens (tertiary/aromatic N) is 1. The topological polar surface area (TPSA) is 57.8 Å². The summed E-state index contributed by atoms with van der Waals surface area (Å²) in [6.45, 7) is 5.70. The van der Waals surface area contributed by atoms with Crippen LogP contribution in [0.1, 0.15) is 27.3 Å². The van der Waals surface area contributed by atoms with Crippen LogP contribution in [0.4, 0.5) is 5.69 Å². The third-order valence-corrected chi connectivity index (χ3v) is 3.95. The molecule has 0 atom stereocenters. The first-order valence-corrected chi connectivity index (χ1v) is 6.66. The highest BCUT2D eigenvalue weighted by atomic mass is 127. The van der Waals surface area contributed by atoms with E-state index in [2.05, 4.69) is 38.1 Å². The molecule has 2 N–H and O–H groups in total. The first kappa shape index (κ1) is 13.1. The van der Waals surface area contributed by atoms with E-state index in [1.54, 1.807) is 0 Å². The summed E-state index contributed by atoms with van der Waals surface area (Å²) in [6.07, 6.45) is 0. The lowest BCUT2D eigenvalue weighted by Gasteiger charge is -2.07. The van der Waals surface area contributed by atoms with Gasteiger partial charge < -0.3 is 5.32 Å². The molecule has 5 heteroatoms. The van der Waals surface area contributed by atoms with Crippen molar-refractivity contribution < 1.29 is 4.79 Å². The molecule has 2 aromatic rings. The molecule has 1 aromatic carbocycles. The number of hydrogen-bond donors (Lipinski definition) is 2. The van der Waals surface area contributed by atoms with Crippen molar-refractivity contribution in [1.29, 1.82) is 0 Å². The normalized spacial score (nSPS) is 10.4. The van der Waals surface area contributed by atoms with Gasteiger partial charge in [0, 0.05) is 15.0 Å². The van der Waals surface area contributed by atoms with E-state index < -0.39 is 0 Å². The maximum Gasteiger partial charge on any atom is 0.259 e. The number of rotatable bonds is 2. The Kier molecular flexibility index (Phi) is 3.70. The summed E-state index contributed by atoms with van der Waals surface area (Å²) in [6, 6.07) is 5.85. The zero-order valence-electron chi connectivity index (χ0n) is 10.5. The van der Waals surface area contributed by atoms with Crippen molar-refractivity contribution in [2.24, 2.45) is 0 Å². The van der Waals surface area contributed by atoms with Gasteiger partial charge in [-0.1, -0.05) is 6.07 Å². The van der Waals surface area contributed by atoms with Gasteiger partial charge in [0.2, 0.25) is 0 Å². The Morgan fingerprint density at radius 2 is 2.06 bits per heavy atom. The van der Waals surface area contributed by atoms with Gasteiger partial charge in [-0.3, -0.25) is 9.89 Å². The lowest BCUT2D eigenvalue weighted by atomic mass is 10.1. The van der Waals surface area contributed by atoms with Gasteiger partial charge in [0.15, 0.2) is 0 Å². The number of carbonyl (C=O) groups excluding carboxylic acids is 1. The smallest absolute Gasteiger partial charge is 0.259 e. The number of carbonyl (C=O) groups is 1. The highest BCUT2D eigenvalue weighted by Gasteiger charge is 2.15. The highest BCUT2D eigenvalue weighted by molar-refractivity contribution is 14.1. The van der Waals surface area contributed by atoms with Crippen LogP contribution in [0.25, 0.3) is 0 Å². The summed E-state index contributed by atoms with van der Waals surface area (Å²) in [7, 11) is 0. The van der Waals surface area contributed by atoms with Crippen LogP contribution in [0.5, 0.6) is 0 Å². The summed E-state index contributed by atoms with van der Waals surface area (Å²) in [5.74, 6) is -0.126. The number of aromatic nitrogens is 2. The maximum absolute atomic E-state index is 12.1. The number of benzene rings is 1. The zero-order chi connectivity index (χ0) is 13.3. The second-order valence-electron chi connectivity index (χ2n) is 4.23. The molecule has 0 bridgehead atoms. The molecule has 1 heterocycles. The molecule has 2 rings (SSSR count). The van der Waals surface area contributed by atoms with Gasteiger partial charge in [-0.15, -0.1) is 0 Å². The molecule has 0 saturated carbocycles. The molecule has 1 amide bonds. The molecule has 0 aliphatic heterocycles. The van der Waals surface area contributed by atoms with Crippen LogP contribution >= 0.6 is 22.6 Å². The predicted molar refractivity (Wildman–Crippen MR) is 79.9 cm³/mol. The van der Waals surface area contributed by atoms with Crippen LogP contribution in [0, 0.1) is 24.3 Å². The van der Waals surface area contributed by atoms with Gasteiger partial charge in [0.05, 0.1) is 11.3 Å². The molecular formula is C13H14IN3O. The van der Waals surface area contributed by atoms with Crippen molar-refractivity contribution in [1.82, 2.24) is 10.2 Å². The van der Waals surface area contributed by atoms with Crippen LogP contribution in [-0.2, 0) is 0 Å². The van der Waals surface area contributed by atoms with Crippen LogP contribution in [0.15, 0.2) is 18.2 Å². The maximum atomic E-state index is 12.1. The molecule has 0 aliphatic carbocycles. The molecule has 18 heavy (non-hydrogen) atoms. The van der Waals surface area contributed by atoms with E-state index in [0.29, 0.717) is 11.3 Å². The van der Waals surface area contributed by atoms with Gasteiger partial charge in [0.25, 0.3) is 5.91 Å². The average molecular weight is 355 g/mol. The third kappa shape index (κ3) is 2.55. The van der Waals surface area contributed by atoms with E-state index in [9.17, 15) is 4.79 Å². The Labute approximate surface area is 119 Å². The molecule has 0 aliphatic rings. The first-order valence-electron chi connectivity index (χ1n) is 5.58. The Balaban J connectivity index is 2.24. The molecule has 0 unspecified atom stereocenters. The lowest BCUT2D eigenvalue weighted by molar-refractivity contribution is 0.102.